The minimum absolute atomic E-state index is 0.0448. The highest BCUT2D eigenvalue weighted by Gasteiger charge is 2.62. The minimum Gasteiger partial charge on any atom is -0.507 e. The molecular formula is C30H17NO10S. The summed E-state index contributed by atoms with van der Waals surface area (Å²) in [5, 5.41) is 35.8. The number of phenols is 3. The highest BCUT2D eigenvalue weighted by atomic mass is 32.1. The summed E-state index contributed by atoms with van der Waals surface area (Å²) in [6, 6.07) is 4.91. The van der Waals surface area contributed by atoms with Crippen molar-refractivity contribution in [2.24, 2.45) is 0 Å². The van der Waals surface area contributed by atoms with Gasteiger partial charge in [0.05, 0.1) is 40.4 Å². The average molecular weight is 584 g/mol. The lowest BCUT2D eigenvalue weighted by Crippen LogP contribution is -2.36. The third-order valence-electron chi connectivity index (χ3n) is 8.33. The fourth-order valence-electron chi connectivity index (χ4n) is 6.62. The molecule has 4 N–H and O–H groups in total. The quantitative estimate of drug-likeness (QED) is 0.158. The zero-order valence-corrected chi connectivity index (χ0v) is 22.3. The van der Waals surface area contributed by atoms with Gasteiger partial charge in [0, 0.05) is 27.5 Å². The van der Waals surface area contributed by atoms with E-state index in [2.05, 4.69) is 4.98 Å². The zero-order valence-electron chi connectivity index (χ0n) is 21.5. The number of phenolic OH excluding ortho intramolecular Hbond substituents is 3. The van der Waals surface area contributed by atoms with E-state index in [0.29, 0.717) is 22.3 Å². The van der Waals surface area contributed by atoms with Crippen LogP contribution >= 0.6 is 11.3 Å². The van der Waals surface area contributed by atoms with Crippen molar-refractivity contribution >= 4 is 51.5 Å². The molecule has 1 atom stereocenters. The maximum absolute atomic E-state index is 14.3. The monoisotopic (exact) mass is 583 g/mol. The van der Waals surface area contributed by atoms with E-state index in [1.54, 1.807) is 17.5 Å². The Hall–Kier alpha value is -5.36. The van der Waals surface area contributed by atoms with Crippen LogP contribution in [0.3, 0.4) is 0 Å². The number of aromatic amines is 1. The molecule has 2 aromatic carbocycles. The molecule has 208 valence electrons. The topological polar surface area (TPSA) is 188 Å². The molecule has 2 aromatic heterocycles. The van der Waals surface area contributed by atoms with Crippen LogP contribution in [0.1, 0.15) is 69.5 Å². The Morgan fingerprint density at radius 3 is 2.26 bits per heavy atom. The van der Waals surface area contributed by atoms with Crippen molar-refractivity contribution < 1.29 is 44.0 Å². The number of aromatic nitrogens is 1. The smallest absolute Gasteiger partial charge is 0.260 e. The van der Waals surface area contributed by atoms with E-state index >= 15 is 0 Å². The van der Waals surface area contributed by atoms with Crippen molar-refractivity contribution in [1.29, 1.82) is 0 Å². The Labute approximate surface area is 238 Å². The van der Waals surface area contributed by atoms with Gasteiger partial charge in [0.1, 0.15) is 22.7 Å². The molecule has 0 amide bonds. The van der Waals surface area contributed by atoms with Gasteiger partial charge >= 0.3 is 0 Å². The first-order valence-electron chi connectivity index (χ1n) is 12.6. The summed E-state index contributed by atoms with van der Waals surface area (Å²) in [5.41, 5.74) is -5.04. The largest absolute Gasteiger partial charge is 0.507 e. The Kier molecular flexibility index (Phi) is 5.08. The van der Waals surface area contributed by atoms with Crippen LogP contribution in [-0.2, 0) is 16.6 Å². The standard InChI is InChI=1S/C30H17NO10S/c1-41-14-8-13(33)18-19(23(14)34)25(36)21-20(24(18)35)27(38)30(28(21)39)5-4-11-16(15-3-2-6-42-15)12-7-10(9-32)31-29(40)17(12)26(37)22(11)30/h2-3,6-9,35-37H,4-5H2,1H3,(H,31,40)/t30-/m0/s1. The average Bonchev–Trinajstić information content (AvgIpc) is 3.68. The molecule has 2 heterocycles. The van der Waals surface area contributed by atoms with Crippen LogP contribution in [0.25, 0.3) is 21.2 Å². The highest BCUT2D eigenvalue weighted by Crippen LogP contribution is 2.59. The molecule has 1 spiro atoms. The fraction of sp³-hybridized carbons (Fsp3) is 0.133. The Morgan fingerprint density at radius 2 is 1.64 bits per heavy atom. The molecule has 0 saturated carbocycles. The number of aldehydes is 1. The van der Waals surface area contributed by atoms with Gasteiger partial charge in [-0.05, 0) is 35.9 Å². The summed E-state index contributed by atoms with van der Waals surface area (Å²) in [7, 11) is 1.13. The number of rotatable bonds is 3. The number of carbonyl (C=O) groups excluding carboxylic acids is 5. The van der Waals surface area contributed by atoms with E-state index in [1.807, 2.05) is 0 Å². The van der Waals surface area contributed by atoms with Crippen LogP contribution in [0.15, 0.2) is 40.2 Å². The number of aromatic hydroxyl groups is 3. The van der Waals surface area contributed by atoms with Gasteiger partial charge in [-0.15, -0.1) is 11.3 Å². The van der Waals surface area contributed by atoms with E-state index in [9.17, 15) is 44.1 Å². The summed E-state index contributed by atoms with van der Waals surface area (Å²) < 4.78 is 4.93. The number of Topliss-reactive ketones (excluding diaryl/α,β-unsaturated/α-hetero) is 3. The van der Waals surface area contributed by atoms with E-state index < -0.39 is 79.4 Å². The molecule has 0 unspecified atom stereocenters. The number of carbonyl (C=O) groups is 5. The second kappa shape index (κ2) is 8.33. The van der Waals surface area contributed by atoms with Crippen molar-refractivity contribution in [3.05, 3.63) is 84.8 Å². The second-order valence-electron chi connectivity index (χ2n) is 10.2. The number of ketones is 4. The molecule has 42 heavy (non-hydrogen) atoms. The van der Waals surface area contributed by atoms with E-state index in [-0.39, 0.29) is 34.9 Å². The van der Waals surface area contributed by atoms with Crippen molar-refractivity contribution in [1.82, 2.24) is 4.98 Å². The third kappa shape index (κ3) is 2.83. The van der Waals surface area contributed by atoms with Crippen LogP contribution in [0, 0.1) is 0 Å². The molecule has 11 nitrogen and oxygen atoms in total. The predicted octanol–water partition coefficient (Wildman–Crippen LogP) is 3.36. The van der Waals surface area contributed by atoms with Gasteiger partial charge in [-0.2, -0.15) is 0 Å². The third-order valence-corrected chi connectivity index (χ3v) is 9.22. The summed E-state index contributed by atoms with van der Waals surface area (Å²) in [4.78, 5) is 82.2. The SMILES string of the molecule is COC1=CC(=O)c2c(O)c3c(c(O)c2C1=O)C(=O)[C@]1(CCc2c1c(O)c1c(=O)[nH]c(C=O)cc1c2-c1cccs1)C3=O. The number of methoxy groups -OCH3 is 1. The fourth-order valence-corrected chi connectivity index (χ4v) is 7.43. The number of nitrogens with one attached hydrogen (secondary N) is 1. The molecule has 0 aliphatic heterocycles. The molecule has 4 aromatic rings. The number of allylic oxidation sites excluding steroid dienone is 2. The first-order valence-corrected chi connectivity index (χ1v) is 13.5. The first-order chi connectivity index (χ1) is 20.1. The van der Waals surface area contributed by atoms with E-state index in [0.717, 1.165) is 13.2 Å². The lowest BCUT2D eigenvalue weighted by molar-refractivity contribution is 0.0790. The predicted molar refractivity (Wildman–Crippen MR) is 147 cm³/mol. The number of H-pyrrole nitrogens is 1. The van der Waals surface area contributed by atoms with Crippen molar-refractivity contribution in [2.45, 2.75) is 18.3 Å². The summed E-state index contributed by atoms with van der Waals surface area (Å²) >= 11 is 1.30. The molecule has 3 aliphatic carbocycles. The lowest BCUT2D eigenvalue weighted by atomic mass is 9.75. The summed E-state index contributed by atoms with van der Waals surface area (Å²) in [6.07, 6.45) is 1.12. The summed E-state index contributed by atoms with van der Waals surface area (Å²) in [5.74, 6) is -6.89. The van der Waals surface area contributed by atoms with E-state index in [1.165, 1.54) is 17.4 Å². The van der Waals surface area contributed by atoms with Crippen molar-refractivity contribution in [3.63, 3.8) is 0 Å². The number of fused-ring (bicyclic) bond motifs is 5. The van der Waals surface area contributed by atoms with Gasteiger partial charge < -0.3 is 25.0 Å². The minimum atomic E-state index is -2.18. The number of pyridine rings is 1. The lowest BCUT2D eigenvalue weighted by Gasteiger charge is -2.24. The van der Waals surface area contributed by atoms with Gasteiger partial charge in [0.2, 0.25) is 5.78 Å². The van der Waals surface area contributed by atoms with Crippen LogP contribution < -0.4 is 5.56 Å². The van der Waals surface area contributed by atoms with Crippen LogP contribution in [-0.4, -0.2) is 56.8 Å². The Balaban J connectivity index is 1.58. The molecule has 7 rings (SSSR count). The highest BCUT2D eigenvalue weighted by molar-refractivity contribution is 7.13. The van der Waals surface area contributed by atoms with Gasteiger partial charge in [0.15, 0.2) is 29.4 Å². The van der Waals surface area contributed by atoms with Crippen LogP contribution in [0.4, 0.5) is 0 Å². The molecule has 0 bridgehead atoms. The number of hydrogen-bond acceptors (Lipinski definition) is 11. The molecule has 12 heteroatoms. The molecule has 0 saturated heterocycles. The second-order valence-corrected chi connectivity index (χ2v) is 11.1. The number of ether oxygens (including phenoxy) is 1. The van der Waals surface area contributed by atoms with Crippen LogP contribution in [0.5, 0.6) is 17.2 Å². The number of benzene rings is 2. The number of thiophene rings is 1. The van der Waals surface area contributed by atoms with Gasteiger partial charge in [-0.25, -0.2) is 0 Å². The van der Waals surface area contributed by atoms with Crippen molar-refractivity contribution in [3.8, 4) is 27.7 Å². The Morgan fingerprint density at radius 1 is 0.952 bits per heavy atom. The van der Waals surface area contributed by atoms with Gasteiger partial charge in [0.25, 0.3) is 5.56 Å². The maximum atomic E-state index is 14.3. The molecular weight excluding hydrogens is 566 g/mol. The van der Waals surface area contributed by atoms with E-state index in [4.69, 9.17) is 4.74 Å². The molecule has 0 fully saturated rings. The number of hydrogen-bond donors (Lipinski definition) is 4. The van der Waals surface area contributed by atoms with Gasteiger partial charge in [-0.3, -0.25) is 28.8 Å². The first kappa shape index (κ1) is 25.6. The van der Waals surface area contributed by atoms with Gasteiger partial charge in [-0.1, -0.05) is 6.07 Å². The summed E-state index contributed by atoms with van der Waals surface area (Å²) in [6.45, 7) is 0. The molecule has 0 radical (unpaired) electrons. The van der Waals surface area contributed by atoms with Crippen molar-refractivity contribution in [2.75, 3.05) is 7.11 Å². The maximum Gasteiger partial charge on any atom is 0.260 e. The Bertz CT molecular complexity index is 2120. The van der Waals surface area contributed by atoms with Crippen LogP contribution in [0.2, 0.25) is 0 Å². The normalized spacial score (nSPS) is 18.8. The molecule has 3 aliphatic rings. The zero-order chi connectivity index (χ0) is 29.8.